The SMILES string of the molecule is CCCC[N+]1=C(/C=C2\SC(Cl)C(C)(C)N2CC)C(C)(C)c2ccccc21. The summed E-state index contributed by atoms with van der Waals surface area (Å²) in [5.41, 5.74) is 4.17. The minimum atomic E-state index is -0.0305. The fourth-order valence-electron chi connectivity index (χ4n) is 4.17. The molecule has 1 fully saturated rings. The maximum Gasteiger partial charge on any atom is 0.209 e. The molecular formula is C22H32ClN2S+. The minimum Gasteiger partial charge on any atom is -0.359 e. The second-order valence-corrected chi connectivity index (χ2v) is 10.2. The molecule has 2 nitrogen and oxygen atoms in total. The highest BCUT2D eigenvalue weighted by Gasteiger charge is 2.47. The van der Waals surface area contributed by atoms with Crippen LogP contribution in [0.5, 0.6) is 0 Å². The predicted molar refractivity (Wildman–Crippen MR) is 116 cm³/mol. The summed E-state index contributed by atoms with van der Waals surface area (Å²) in [7, 11) is 0. The van der Waals surface area contributed by atoms with Gasteiger partial charge in [0.25, 0.3) is 0 Å². The van der Waals surface area contributed by atoms with Gasteiger partial charge in [-0.05, 0) is 34.6 Å². The van der Waals surface area contributed by atoms with Gasteiger partial charge in [-0.3, -0.25) is 0 Å². The number of nitrogens with zero attached hydrogens (tertiary/aromatic N) is 2. The fraction of sp³-hybridized carbons (Fsp3) is 0.591. The molecule has 1 aromatic rings. The van der Waals surface area contributed by atoms with E-state index in [4.69, 9.17) is 11.6 Å². The molecule has 26 heavy (non-hydrogen) atoms. The van der Waals surface area contributed by atoms with Gasteiger partial charge in [-0.15, -0.1) is 11.6 Å². The van der Waals surface area contributed by atoms with E-state index in [-0.39, 0.29) is 15.7 Å². The molecule has 0 aromatic heterocycles. The van der Waals surface area contributed by atoms with E-state index in [2.05, 4.69) is 81.4 Å². The van der Waals surface area contributed by atoms with Crippen LogP contribution < -0.4 is 0 Å². The highest BCUT2D eigenvalue weighted by molar-refractivity contribution is 8.05. The molecule has 0 bridgehead atoms. The number of fused-ring (bicyclic) bond motifs is 1. The molecule has 0 amide bonds. The number of hydrogen-bond donors (Lipinski definition) is 0. The average molecular weight is 392 g/mol. The number of allylic oxidation sites excluding steroid dienone is 1. The lowest BCUT2D eigenvalue weighted by atomic mass is 9.81. The summed E-state index contributed by atoms with van der Waals surface area (Å²) in [5, 5.41) is 1.30. The number of thioether (sulfide) groups is 1. The molecule has 2 aliphatic heterocycles. The first-order valence-electron chi connectivity index (χ1n) is 9.79. The van der Waals surface area contributed by atoms with Crippen LogP contribution in [0.25, 0.3) is 0 Å². The number of halogens is 1. The number of alkyl halides is 1. The Kier molecular flexibility index (Phi) is 5.52. The maximum absolute atomic E-state index is 6.70. The van der Waals surface area contributed by atoms with Crippen LogP contribution in [-0.4, -0.2) is 38.5 Å². The van der Waals surface area contributed by atoms with Gasteiger partial charge in [0.15, 0.2) is 5.71 Å². The molecule has 142 valence electrons. The molecule has 1 saturated heterocycles. The van der Waals surface area contributed by atoms with E-state index in [0.29, 0.717) is 0 Å². The van der Waals surface area contributed by atoms with Crippen molar-refractivity contribution in [1.82, 2.24) is 4.90 Å². The third kappa shape index (κ3) is 3.11. The average Bonchev–Trinajstić information content (AvgIpc) is 2.94. The molecule has 1 unspecified atom stereocenters. The van der Waals surface area contributed by atoms with Crippen molar-refractivity contribution in [3.63, 3.8) is 0 Å². The van der Waals surface area contributed by atoms with Crippen LogP contribution in [0.15, 0.2) is 35.4 Å². The fourth-order valence-corrected chi connectivity index (χ4v) is 5.86. The molecule has 2 heterocycles. The summed E-state index contributed by atoms with van der Waals surface area (Å²) in [6.07, 6.45) is 4.81. The topological polar surface area (TPSA) is 6.25 Å². The first-order valence-corrected chi connectivity index (χ1v) is 11.1. The molecule has 0 saturated carbocycles. The predicted octanol–water partition coefficient (Wildman–Crippen LogP) is 6.12. The number of para-hydroxylation sites is 1. The summed E-state index contributed by atoms with van der Waals surface area (Å²) in [5.74, 6) is 0. The number of hydrogen-bond acceptors (Lipinski definition) is 2. The zero-order valence-corrected chi connectivity index (χ0v) is 18.5. The molecule has 1 atom stereocenters. The van der Waals surface area contributed by atoms with Crippen molar-refractivity contribution in [2.24, 2.45) is 0 Å². The molecule has 1 aromatic carbocycles. The van der Waals surface area contributed by atoms with E-state index in [0.717, 1.165) is 13.1 Å². The Morgan fingerprint density at radius 2 is 1.88 bits per heavy atom. The Morgan fingerprint density at radius 3 is 2.54 bits per heavy atom. The lowest BCUT2D eigenvalue weighted by molar-refractivity contribution is -0.438. The third-order valence-corrected chi connectivity index (χ3v) is 8.02. The van der Waals surface area contributed by atoms with Gasteiger partial charge >= 0.3 is 0 Å². The Labute approximate surface area is 168 Å². The van der Waals surface area contributed by atoms with E-state index >= 15 is 0 Å². The lowest BCUT2D eigenvalue weighted by Crippen LogP contribution is -2.42. The van der Waals surface area contributed by atoms with Gasteiger partial charge in [-0.25, -0.2) is 0 Å². The van der Waals surface area contributed by atoms with Crippen LogP contribution in [0.3, 0.4) is 0 Å². The normalized spacial score (nSPS) is 25.3. The molecule has 0 N–H and O–H groups in total. The first-order chi connectivity index (χ1) is 12.2. The summed E-state index contributed by atoms with van der Waals surface area (Å²) in [6.45, 7) is 15.7. The third-order valence-electron chi connectivity index (χ3n) is 5.85. The monoisotopic (exact) mass is 391 g/mol. The Hall–Kier alpha value is -0.930. The Morgan fingerprint density at radius 1 is 1.19 bits per heavy atom. The van der Waals surface area contributed by atoms with Crippen LogP contribution in [0, 0.1) is 0 Å². The number of benzene rings is 1. The minimum absolute atomic E-state index is 0.00580. The van der Waals surface area contributed by atoms with Crippen molar-refractivity contribution in [2.45, 2.75) is 70.0 Å². The summed E-state index contributed by atoms with van der Waals surface area (Å²) in [6, 6.07) is 8.87. The second kappa shape index (κ2) is 7.24. The van der Waals surface area contributed by atoms with E-state index in [9.17, 15) is 0 Å². The van der Waals surface area contributed by atoms with E-state index in [1.54, 1.807) is 11.8 Å². The van der Waals surface area contributed by atoms with Crippen LogP contribution >= 0.6 is 23.4 Å². The van der Waals surface area contributed by atoms with Crippen LogP contribution in [-0.2, 0) is 5.41 Å². The van der Waals surface area contributed by atoms with Crippen molar-refractivity contribution in [1.29, 1.82) is 0 Å². The van der Waals surface area contributed by atoms with Crippen molar-refractivity contribution in [3.05, 3.63) is 40.9 Å². The largest absolute Gasteiger partial charge is 0.359 e. The highest BCUT2D eigenvalue weighted by atomic mass is 35.5. The van der Waals surface area contributed by atoms with Crippen molar-refractivity contribution < 1.29 is 4.58 Å². The van der Waals surface area contributed by atoms with E-state index < -0.39 is 0 Å². The quantitative estimate of drug-likeness (QED) is 0.440. The van der Waals surface area contributed by atoms with Gasteiger partial charge in [0, 0.05) is 30.7 Å². The highest BCUT2D eigenvalue weighted by Crippen LogP contribution is 2.48. The van der Waals surface area contributed by atoms with Crippen molar-refractivity contribution in [3.8, 4) is 0 Å². The molecule has 3 rings (SSSR count). The van der Waals surface area contributed by atoms with Gasteiger partial charge in [0.05, 0.1) is 16.0 Å². The van der Waals surface area contributed by atoms with E-state index in [1.807, 2.05) is 0 Å². The summed E-state index contributed by atoms with van der Waals surface area (Å²) < 4.78 is 2.61. The van der Waals surface area contributed by atoms with E-state index in [1.165, 1.54) is 34.8 Å². The van der Waals surface area contributed by atoms with Gasteiger partial charge in [0.1, 0.15) is 11.3 Å². The molecule has 0 spiro atoms. The molecular weight excluding hydrogens is 360 g/mol. The molecule has 0 radical (unpaired) electrons. The second-order valence-electron chi connectivity index (χ2n) is 8.35. The smallest absolute Gasteiger partial charge is 0.209 e. The summed E-state index contributed by atoms with van der Waals surface area (Å²) >= 11 is 8.50. The van der Waals surface area contributed by atoms with Crippen LogP contribution in [0.4, 0.5) is 5.69 Å². The Balaban J connectivity index is 2.12. The van der Waals surface area contributed by atoms with Crippen LogP contribution in [0.1, 0.15) is 59.9 Å². The lowest BCUT2D eigenvalue weighted by Gasteiger charge is -2.33. The van der Waals surface area contributed by atoms with Gasteiger partial charge < -0.3 is 4.90 Å². The zero-order valence-electron chi connectivity index (χ0n) is 17.0. The summed E-state index contributed by atoms with van der Waals surface area (Å²) in [4.78, 5) is 2.46. The first kappa shape index (κ1) is 19.8. The molecule has 4 heteroatoms. The van der Waals surface area contributed by atoms with Crippen molar-refractivity contribution >= 4 is 34.8 Å². The van der Waals surface area contributed by atoms with Crippen LogP contribution in [0.2, 0.25) is 0 Å². The standard InChI is InChI=1S/C22H32ClN2S/c1-7-9-14-24-17-13-11-10-12-16(17)21(3,4)18(24)15-19-25(8-2)22(5,6)20(23)26-19/h10-13,15,20H,7-9,14H2,1-6H3/q+1. The zero-order chi connectivity index (χ0) is 19.1. The van der Waals surface area contributed by atoms with Gasteiger partial charge in [0.2, 0.25) is 5.69 Å². The van der Waals surface area contributed by atoms with Gasteiger partial charge in [-0.1, -0.05) is 43.3 Å². The van der Waals surface area contributed by atoms with Gasteiger partial charge in [-0.2, -0.15) is 4.58 Å². The molecule has 0 aliphatic carbocycles. The number of unbranched alkanes of at least 4 members (excludes halogenated alkanes) is 1. The Bertz CT molecular complexity index is 748. The van der Waals surface area contributed by atoms with Crippen molar-refractivity contribution in [2.75, 3.05) is 13.1 Å². The number of rotatable bonds is 5. The maximum atomic E-state index is 6.70. The molecule has 2 aliphatic rings.